The zero-order valence-electron chi connectivity index (χ0n) is 14.9. The third-order valence-corrected chi connectivity index (χ3v) is 6.70. The first-order valence-electron chi connectivity index (χ1n) is 9.45. The van der Waals surface area contributed by atoms with Gasteiger partial charge in [-0.3, -0.25) is 9.89 Å². The quantitative estimate of drug-likeness (QED) is 0.770. The van der Waals surface area contributed by atoms with Crippen molar-refractivity contribution in [3.63, 3.8) is 0 Å². The summed E-state index contributed by atoms with van der Waals surface area (Å²) in [7, 11) is 0. The Balaban J connectivity index is 1.42. The summed E-state index contributed by atoms with van der Waals surface area (Å²) in [4.78, 5) is 16.8. The average Bonchev–Trinajstić information content (AvgIpc) is 3.22. The molecule has 0 radical (unpaired) electrons. The second-order valence-corrected chi connectivity index (χ2v) is 8.59. The van der Waals surface area contributed by atoms with Gasteiger partial charge >= 0.3 is 0 Å². The number of carbonyl (C=O) groups excluding carboxylic acids is 1. The molecule has 3 rings (SSSR count). The molecule has 0 spiro atoms. The van der Waals surface area contributed by atoms with Gasteiger partial charge in [-0.2, -0.15) is 0 Å². The molecule has 1 heterocycles. The lowest BCUT2D eigenvalue weighted by Crippen LogP contribution is -2.44. The number of rotatable bonds is 6. The monoisotopic (exact) mass is 350 g/mol. The third kappa shape index (κ3) is 4.74. The van der Waals surface area contributed by atoms with Gasteiger partial charge in [0, 0.05) is 12.5 Å². The van der Waals surface area contributed by atoms with Crippen LogP contribution < -0.4 is 5.32 Å². The van der Waals surface area contributed by atoms with Crippen molar-refractivity contribution in [1.29, 1.82) is 0 Å². The van der Waals surface area contributed by atoms with Crippen molar-refractivity contribution in [3.8, 4) is 0 Å². The van der Waals surface area contributed by atoms with E-state index >= 15 is 0 Å². The minimum atomic E-state index is 0.105. The van der Waals surface area contributed by atoms with Crippen molar-refractivity contribution < 1.29 is 4.79 Å². The Morgan fingerprint density at radius 3 is 2.79 bits per heavy atom. The van der Waals surface area contributed by atoms with Crippen LogP contribution in [0, 0.1) is 17.8 Å². The molecule has 2 N–H and O–H groups in total. The van der Waals surface area contributed by atoms with E-state index in [0.29, 0.717) is 28.8 Å². The van der Waals surface area contributed by atoms with E-state index in [9.17, 15) is 4.79 Å². The maximum Gasteiger partial charge on any atom is 0.230 e. The van der Waals surface area contributed by atoms with Crippen LogP contribution in [-0.4, -0.2) is 32.9 Å². The van der Waals surface area contributed by atoms with Crippen LogP contribution in [0.5, 0.6) is 0 Å². The molecule has 3 atom stereocenters. The van der Waals surface area contributed by atoms with Crippen LogP contribution in [0.25, 0.3) is 0 Å². The van der Waals surface area contributed by atoms with Crippen LogP contribution in [0.3, 0.4) is 0 Å². The van der Waals surface area contributed by atoms with Crippen molar-refractivity contribution in [2.24, 2.45) is 17.8 Å². The Morgan fingerprint density at radius 1 is 1.21 bits per heavy atom. The fourth-order valence-corrected chi connectivity index (χ4v) is 4.71. The Bertz CT molecular complexity index is 541. The summed E-state index contributed by atoms with van der Waals surface area (Å²) in [6, 6.07) is 0.326. The molecular formula is C18H30N4OS. The lowest BCUT2D eigenvalue weighted by Gasteiger charge is -2.34. The SMILES string of the molecule is CC1CCCC(NC(=O)CSc2n[nH]c(CC3CCCC3)n2)C1C. The number of H-pyrrole nitrogens is 1. The van der Waals surface area contributed by atoms with E-state index in [4.69, 9.17) is 0 Å². The summed E-state index contributed by atoms with van der Waals surface area (Å²) >= 11 is 1.43. The van der Waals surface area contributed by atoms with Gasteiger partial charge in [-0.1, -0.05) is 64.1 Å². The molecule has 1 amide bonds. The van der Waals surface area contributed by atoms with E-state index in [0.717, 1.165) is 24.6 Å². The summed E-state index contributed by atoms with van der Waals surface area (Å²) < 4.78 is 0. The maximum absolute atomic E-state index is 12.2. The Hall–Kier alpha value is -1.04. The van der Waals surface area contributed by atoms with Gasteiger partial charge in [0.2, 0.25) is 11.1 Å². The van der Waals surface area contributed by atoms with Crippen LogP contribution in [0.4, 0.5) is 0 Å². The molecular weight excluding hydrogens is 320 g/mol. The van der Waals surface area contributed by atoms with Gasteiger partial charge in [-0.25, -0.2) is 4.98 Å². The van der Waals surface area contributed by atoms with Crippen molar-refractivity contribution in [2.45, 2.75) is 76.4 Å². The molecule has 1 aromatic heterocycles. The van der Waals surface area contributed by atoms with Crippen LogP contribution in [0.1, 0.15) is 64.6 Å². The number of nitrogens with one attached hydrogen (secondary N) is 2. The Morgan fingerprint density at radius 2 is 2.00 bits per heavy atom. The Labute approximate surface area is 149 Å². The van der Waals surface area contributed by atoms with Gasteiger partial charge in [0.15, 0.2) is 0 Å². The highest BCUT2D eigenvalue weighted by Crippen LogP contribution is 2.30. The first kappa shape index (κ1) is 17.8. The number of hydrogen-bond donors (Lipinski definition) is 2. The number of amides is 1. The summed E-state index contributed by atoms with van der Waals surface area (Å²) in [5.74, 6) is 3.50. The van der Waals surface area contributed by atoms with E-state index in [1.165, 1.54) is 50.3 Å². The van der Waals surface area contributed by atoms with Gasteiger partial charge in [0.1, 0.15) is 5.82 Å². The van der Waals surface area contributed by atoms with E-state index in [1.807, 2.05) is 0 Å². The highest BCUT2D eigenvalue weighted by molar-refractivity contribution is 7.99. The lowest BCUT2D eigenvalue weighted by atomic mass is 9.78. The molecule has 0 aliphatic heterocycles. The van der Waals surface area contributed by atoms with Crippen LogP contribution in [0.15, 0.2) is 5.16 Å². The van der Waals surface area contributed by atoms with E-state index in [2.05, 4.69) is 34.3 Å². The van der Waals surface area contributed by atoms with Crippen LogP contribution in [0.2, 0.25) is 0 Å². The average molecular weight is 351 g/mol. The van der Waals surface area contributed by atoms with Crippen LogP contribution in [-0.2, 0) is 11.2 Å². The van der Waals surface area contributed by atoms with Crippen molar-refractivity contribution in [1.82, 2.24) is 20.5 Å². The van der Waals surface area contributed by atoms with Gasteiger partial charge in [-0.05, 0) is 24.2 Å². The molecule has 2 fully saturated rings. The molecule has 3 unspecified atom stereocenters. The number of carbonyl (C=O) groups is 1. The zero-order valence-corrected chi connectivity index (χ0v) is 15.7. The molecule has 0 saturated heterocycles. The minimum absolute atomic E-state index is 0.105. The summed E-state index contributed by atoms with van der Waals surface area (Å²) in [5, 5.41) is 11.2. The largest absolute Gasteiger partial charge is 0.352 e. The minimum Gasteiger partial charge on any atom is -0.352 e. The molecule has 24 heavy (non-hydrogen) atoms. The fraction of sp³-hybridized carbons (Fsp3) is 0.833. The topological polar surface area (TPSA) is 70.7 Å². The van der Waals surface area contributed by atoms with Gasteiger partial charge in [0.25, 0.3) is 0 Å². The molecule has 2 aliphatic carbocycles. The zero-order chi connectivity index (χ0) is 16.9. The number of nitrogens with zero attached hydrogens (tertiary/aromatic N) is 2. The molecule has 134 valence electrons. The lowest BCUT2D eigenvalue weighted by molar-refractivity contribution is -0.120. The molecule has 0 bridgehead atoms. The second-order valence-electron chi connectivity index (χ2n) is 7.65. The third-order valence-electron chi connectivity index (χ3n) is 5.85. The van der Waals surface area contributed by atoms with Gasteiger partial charge in [-0.15, -0.1) is 5.10 Å². The maximum atomic E-state index is 12.2. The summed E-state index contributed by atoms with van der Waals surface area (Å²) in [6.45, 7) is 4.55. The number of hydrogen-bond acceptors (Lipinski definition) is 4. The number of aromatic nitrogens is 3. The highest BCUT2D eigenvalue weighted by Gasteiger charge is 2.28. The normalized spacial score (nSPS) is 28.2. The van der Waals surface area contributed by atoms with E-state index in [-0.39, 0.29) is 5.91 Å². The molecule has 2 saturated carbocycles. The molecule has 5 nitrogen and oxygen atoms in total. The van der Waals surface area contributed by atoms with Crippen LogP contribution >= 0.6 is 11.8 Å². The summed E-state index contributed by atoms with van der Waals surface area (Å²) in [5.41, 5.74) is 0. The van der Waals surface area contributed by atoms with Crippen molar-refractivity contribution >= 4 is 17.7 Å². The molecule has 0 aromatic carbocycles. The van der Waals surface area contributed by atoms with E-state index < -0.39 is 0 Å². The Kier molecular flexibility index (Phi) is 6.19. The fourth-order valence-electron chi connectivity index (χ4n) is 4.09. The standard InChI is InChI=1S/C18H30N4OS/c1-12-6-5-9-15(13(12)2)19-17(23)11-24-18-20-16(21-22-18)10-14-7-3-4-8-14/h12-15H,3-11H2,1-2H3,(H,19,23)(H,20,21,22). The smallest absolute Gasteiger partial charge is 0.230 e. The molecule has 1 aromatic rings. The van der Waals surface area contributed by atoms with Gasteiger partial charge in [0.05, 0.1) is 5.75 Å². The number of aromatic amines is 1. The predicted molar refractivity (Wildman–Crippen MR) is 96.9 cm³/mol. The first-order valence-corrected chi connectivity index (χ1v) is 10.4. The van der Waals surface area contributed by atoms with Crippen molar-refractivity contribution in [3.05, 3.63) is 5.82 Å². The second kappa shape index (κ2) is 8.37. The molecule has 2 aliphatic rings. The summed E-state index contributed by atoms with van der Waals surface area (Å²) in [6.07, 6.45) is 9.91. The first-order chi connectivity index (χ1) is 11.6. The number of thioether (sulfide) groups is 1. The highest BCUT2D eigenvalue weighted by atomic mass is 32.2. The van der Waals surface area contributed by atoms with Gasteiger partial charge < -0.3 is 5.32 Å². The van der Waals surface area contributed by atoms with Crippen molar-refractivity contribution in [2.75, 3.05) is 5.75 Å². The predicted octanol–water partition coefficient (Wildman–Crippen LogP) is 3.57. The molecule has 6 heteroatoms. The van der Waals surface area contributed by atoms with E-state index in [1.54, 1.807) is 0 Å².